The van der Waals surface area contributed by atoms with Crippen LogP contribution in [0.15, 0.2) is 34.9 Å². The molecule has 0 aliphatic carbocycles. The van der Waals surface area contributed by atoms with Gasteiger partial charge < -0.3 is 10.1 Å². The zero-order valence-corrected chi connectivity index (χ0v) is 12.7. The maximum absolute atomic E-state index is 13.1. The molecule has 106 valence electrons. The molecule has 0 aliphatic heterocycles. The van der Waals surface area contributed by atoms with Crippen LogP contribution in [0.25, 0.3) is 11.4 Å². The van der Waals surface area contributed by atoms with Crippen molar-refractivity contribution in [2.75, 3.05) is 20.3 Å². The summed E-state index contributed by atoms with van der Waals surface area (Å²) >= 11 is 3.33. The Hall–Kier alpha value is -1.37. The number of ether oxygens (including phenoxy) is 1. The lowest BCUT2D eigenvalue weighted by Crippen LogP contribution is -2.19. The number of aromatic nitrogens is 2. The maximum atomic E-state index is 13.1. The van der Waals surface area contributed by atoms with Crippen LogP contribution in [0, 0.1) is 5.82 Å². The quantitative estimate of drug-likeness (QED) is 0.822. The molecule has 0 saturated carbocycles. The van der Waals surface area contributed by atoms with Crippen LogP contribution < -0.4 is 5.32 Å². The number of hydrogen-bond acceptors (Lipinski definition) is 4. The molecule has 1 aromatic carbocycles. The van der Waals surface area contributed by atoms with Gasteiger partial charge in [-0.15, -0.1) is 0 Å². The van der Waals surface area contributed by atoms with Crippen molar-refractivity contribution in [3.63, 3.8) is 0 Å². The summed E-state index contributed by atoms with van der Waals surface area (Å²) in [5, 5.41) is 3.22. The van der Waals surface area contributed by atoms with Crippen LogP contribution in [0.1, 0.15) is 5.69 Å². The smallest absolute Gasteiger partial charge is 0.160 e. The highest BCUT2D eigenvalue weighted by molar-refractivity contribution is 9.10. The first kappa shape index (κ1) is 15.0. The first-order chi connectivity index (χ1) is 9.70. The van der Waals surface area contributed by atoms with Crippen molar-refractivity contribution in [1.29, 1.82) is 0 Å². The predicted molar refractivity (Wildman–Crippen MR) is 78.7 cm³/mol. The van der Waals surface area contributed by atoms with Gasteiger partial charge in [0.05, 0.1) is 12.3 Å². The third-order valence-corrected chi connectivity index (χ3v) is 3.33. The highest BCUT2D eigenvalue weighted by atomic mass is 79.9. The summed E-state index contributed by atoms with van der Waals surface area (Å²) in [6.07, 6.45) is 1.70. The predicted octanol–water partition coefficient (Wildman–Crippen LogP) is 2.78. The van der Waals surface area contributed by atoms with E-state index in [0.717, 1.165) is 17.8 Å². The topological polar surface area (TPSA) is 47.0 Å². The van der Waals surface area contributed by atoms with Crippen LogP contribution >= 0.6 is 15.9 Å². The van der Waals surface area contributed by atoms with Gasteiger partial charge in [-0.25, -0.2) is 14.4 Å². The maximum Gasteiger partial charge on any atom is 0.160 e. The van der Waals surface area contributed by atoms with Crippen molar-refractivity contribution in [2.24, 2.45) is 0 Å². The summed E-state index contributed by atoms with van der Waals surface area (Å²) in [6, 6.07) is 6.31. The normalized spacial score (nSPS) is 10.8. The van der Waals surface area contributed by atoms with Crippen molar-refractivity contribution >= 4 is 15.9 Å². The number of nitrogens with one attached hydrogen (secondary N) is 1. The molecule has 0 bridgehead atoms. The molecular weight excluding hydrogens is 325 g/mol. The summed E-state index contributed by atoms with van der Waals surface area (Å²) in [5.74, 6) is 0.279. The molecule has 0 amide bonds. The fraction of sp³-hybridized carbons (Fsp3) is 0.286. The van der Waals surface area contributed by atoms with Gasteiger partial charge in [0, 0.05) is 36.4 Å². The lowest BCUT2D eigenvalue weighted by Gasteiger charge is -2.07. The largest absolute Gasteiger partial charge is 0.383 e. The Balaban J connectivity index is 2.12. The summed E-state index contributed by atoms with van der Waals surface area (Å²) in [4.78, 5) is 8.69. The standard InChI is InChI=1S/C14H15BrFN3O/c1-20-7-6-17-9-11-4-5-18-14(19-11)12-3-2-10(16)8-13(12)15/h2-5,8,17H,6-7,9H2,1H3. The monoisotopic (exact) mass is 339 g/mol. The second-order valence-electron chi connectivity index (χ2n) is 4.17. The minimum Gasteiger partial charge on any atom is -0.383 e. The zero-order valence-electron chi connectivity index (χ0n) is 11.1. The zero-order chi connectivity index (χ0) is 14.4. The van der Waals surface area contributed by atoms with Gasteiger partial charge in [-0.2, -0.15) is 0 Å². The van der Waals surface area contributed by atoms with Gasteiger partial charge >= 0.3 is 0 Å². The van der Waals surface area contributed by atoms with E-state index in [1.807, 2.05) is 6.07 Å². The van der Waals surface area contributed by atoms with Gasteiger partial charge in [-0.05, 0) is 40.2 Å². The van der Waals surface area contributed by atoms with Gasteiger partial charge in [-0.3, -0.25) is 0 Å². The SMILES string of the molecule is COCCNCc1ccnc(-c2ccc(F)cc2Br)n1. The molecule has 0 aliphatic rings. The third-order valence-electron chi connectivity index (χ3n) is 2.67. The molecule has 1 heterocycles. The Morgan fingerprint density at radius 1 is 1.35 bits per heavy atom. The van der Waals surface area contributed by atoms with Crippen LogP contribution in [0.2, 0.25) is 0 Å². The number of hydrogen-bond donors (Lipinski definition) is 1. The molecule has 6 heteroatoms. The van der Waals surface area contributed by atoms with E-state index in [-0.39, 0.29) is 5.82 Å². The van der Waals surface area contributed by atoms with E-state index < -0.39 is 0 Å². The summed E-state index contributed by atoms with van der Waals surface area (Å²) in [7, 11) is 1.66. The Morgan fingerprint density at radius 3 is 2.95 bits per heavy atom. The number of benzene rings is 1. The molecule has 0 radical (unpaired) electrons. The molecular formula is C14H15BrFN3O. The summed E-state index contributed by atoms with van der Waals surface area (Å²) in [5.41, 5.74) is 1.65. The van der Waals surface area contributed by atoms with E-state index in [9.17, 15) is 4.39 Å². The van der Waals surface area contributed by atoms with Crippen LogP contribution in [0.4, 0.5) is 4.39 Å². The lowest BCUT2D eigenvalue weighted by atomic mass is 10.2. The van der Waals surface area contributed by atoms with E-state index in [1.54, 1.807) is 19.4 Å². The van der Waals surface area contributed by atoms with E-state index >= 15 is 0 Å². The average Bonchev–Trinajstić information content (AvgIpc) is 2.44. The van der Waals surface area contributed by atoms with Gasteiger partial charge in [0.2, 0.25) is 0 Å². The Bertz CT molecular complexity index is 580. The van der Waals surface area contributed by atoms with Crippen LogP contribution in [0.5, 0.6) is 0 Å². The molecule has 20 heavy (non-hydrogen) atoms. The number of halogens is 2. The van der Waals surface area contributed by atoms with Gasteiger partial charge in [-0.1, -0.05) is 0 Å². The molecule has 4 nitrogen and oxygen atoms in total. The molecule has 2 rings (SSSR count). The molecule has 1 aromatic heterocycles. The van der Waals surface area contributed by atoms with Crippen LogP contribution in [-0.4, -0.2) is 30.2 Å². The first-order valence-electron chi connectivity index (χ1n) is 6.17. The highest BCUT2D eigenvalue weighted by Gasteiger charge is 2.08. The summed E-state index contributed by atoms with van der Waals surface area (Å²) in [6.45, 7) is 2.05. The van der Waals surface area contributed by atoms with Crippen LogP contribution in [-0.2, 0) is 11.3 Å². The molecule has 1 N–H and O–H groups in total. The van der Waals surface area contributed by atoms with Crippen molar-refractivity contribution < 1.29 is 9.13 Å². The van der Waals surface area contributed by atoms with Crippen molar-refractivity contribution in [3.05, 3.63) is 46.4 Å². The minimum atomic E-state index is -0.294. The number of nitrogens with zero attached hydrogens (tertiary/aromatic N) is 2. The molecule has 0 fully saturated rings. The Morgan fingerprint density at radius 2 is 2.20 bits per heavy atom. The molecule has 0 saturated heterocycles. The summed E-state index contributed by atoms with van der Waals surface area (Å²) < 4.78 is 18.7. The van der Waals surface area contributed by atoms with Crippen molar-refractivity contribution in [2.45, 2.75) is 6.54 Å². The number of rotatable bonds is 6. The number of methoxy groups -OCH3 is 1. The highest BCUT2D eigenvalue weighted by Crippen LogP contribution is 2.26. The Kier molecular flexibility index (Phi) is 5.58. The van der Waals surface area contributed by atoms with Gasteiger partial charge in [0.15, 0.2) is 5.82 Å². The third kappa shape index (κ3) is 4.06. The second-order valence-corrected chi connectivity index (χ2v) is 5.02. The lowest BCUT2D eigenvalue weighted by molar-refractivity contribution is 0.199. The van der Waals surface area contributed by atoms with Crippen molar-refractivity contribution in [1.82, 2.24) is 15.3 Å². The first-order valence-corrected chi connectivity index (χ1v) is 6.97. The van der Waals surface area contributed by atoms with E-state index in [4.69, 9.17) is 4.74 Å². The van der Waals surface area contributed by atoms with E-state index in [1.165, 1.54) is 12.1 Å². The fourth-order valence-corrected chi connectivity index (χ4v) is 2.21. The van der Waals surface area contributed by atoms with Crippen molar-refractivity contribution in [3.8, 4) is 11.4 Å². The molecule has 0 atom stereocenters. The van der Waals surface area contributed by atoms with E-state index in [0.29, 0.717) is 23.4 Å². The fourth-order valence-electron chi connectivity index (χ4n) is 1.69. The van der Waals surface area contributed by atoms with Gasteiger partial charge in [0.25, 0.3) is 0 Å². The van der Waals surface area contributed by atoms with E-state index in [2.05, 4.69) is 31.2 Å². The molecule has 2 aromatic rings. The second kappa shape index (κ2) is 7.42. The van der Waals surface area contributed by atoms with Gasteiger partial charge in [0.1, 0.15) is 5.82 Å². The molecule has 0 unspecified atom stereocenters. The molecule has 0 spiro atoms. The minimum absolute atomic E-state index is 0.294. The average molecular weight is 340 g/mol. The Labute approximate surface area is 125 Å². The van der Waals surface area contributed by atoms with Crippen LogP contribution in [0.3, 0.4) is 0 Å².